The van der Waals surface area contributed by atoms with Crippen LogP contribution in [0.2, 0.25) is 0 Å². The molecule has 0 aliphatic carbocycles. The molecule has 0 spiro atoms. The second-order valence-corrected chi connectivity index (χ2v) is 6.90. The van der Waals surface area contributed by atoms with E-state index in [2.05, 4.69) is 10.4 Å². The van der Waals surface area contributed by atoms with Crippen LogP contribution in [0.1, 0.15) is 27.4 Å². The number of aryl methyl sites for hydroxylation is 1. The number of hydrogen-bond acceptors (Lipinski definition) is 5. The first-order valence-corrected chi connectivity index (χ1v) is 9.54. The largest absolute Gasteiger partial charge is 0.467 e. The molecule has 0 bridgehead atoms. The summed E-state index contributed by atoms with van der Waals surface area (Å²) in [5, 5.41) is 8.05. The van der Waals surface area contributed by atoms with Gasteiger partial charge in [-0.3, -0.25) is 9.59 Å². The summed E-state index contributed by atoms with van der Waals surface area (Å²) in [6, 6.07) is 18.5. The topological polar surface area (TPSA) is 86.4 Å². The molecule has 1 amide bonds. The second-order valence-electron chi connectivity index (χ2n) is 6.90. The third kappa shape index (κ3) is 4.31. The molecule has 0 aliphatic rings. The number of carbonyl (C=O) groups excluding carboxylic acids is 1. The highest BCUT2D eigenvalue weighted by Crippen LogP contribution is 2.14. The van der Waals surface area contributed by atoms with Crippen LogP contribution in [0.25, 0.3) is 10.8 Å². The summed E-state index contributed by atoms with van der Waals surface area (Å²) >= 11 is 0. The van der Waals surface area contributed by atoms with E-state index < -0.39 is 0 Å². The number of carbonyl (C=O) groups is 1. The average molecular weight is 403 g/mol. The van der Waals surface area contributed by atoms with Crippen molar-refractivity contribution in [2.24, 2.45) is 7.05 Å². The molecule has 0 aliphatic heterocycles. The fourth-order valence-corrected chi connectivity index (χ4v) is 3.23. The summed E-state index contributed by atoms with van der Waals surface area (Å²) in [5.41, 5.74) is 1.94. The number of fused-ring (bicyclic) bond motifs is 1. The lowest BCUT2D eigenvalue weighted by atomic mass is 10.1. The normalized spacial score (nSPS) is 11.0. The molecule has 4 aromatic rings. The molecular formula is C23H21N3O4. The maximum atomic E-state index is 12.8. The lowest BCUT2D eigenvalue weighted by molar-refractivity contribution is 0.0928. The van der Waals surface area contributed by atoms with Crippen molar-refractivity contribution in [3.63, 3.8) is 0 Å². The van der Waals surface area contributed by atoms with Crippen molar-refractivity contribution >= 4 is 16.7 Å². The van der Waals surface area contributed by atoms with E-state index in [4.69, 9.17) is 9.15 Å². The van der Waals surface area contributed by atoms with Gasteiger partial charge in [-0.1, -0.05) is 42.5 Å². The summed E-state index contributed by atoms with van der Waals surface area (Å²) in [5.74, 6) is 0.441. The second kappa shape index (κ2) is 8.75. The molecule has 7 nitrogen and oxygen atoms in total. The lowest BCUT2D eigenvalue weighted by Crippen LogP contribution is -2.29. The highest BCUT2D eigenvalue weighted by Gasteiger charge is 2.15. The molecule has 0 fully saturated rings. The third-order valence-corrected chi connectivity index (χ3v) is 4.71. The monoisotopic (exact) mass is 403 g/mol. The number of benzene rings is 2. The van der Waals surface area contributed by atoms with Crippen molar-refractivity contribution in [1.82, 2.24) is 15.1 Å². The molecule has 0 unspecified atom stereocenters. The molecule has 0 saturated carbocycles. The lowest BCUT2D eigenvalue weighted by Gasteiger charge is -2.10. The Hall–Kier alpha value is -3.71. The molecule has 0 atom stereocenters. The number of nitrogens with one attached hydrogen (secondary N) is 1. The Labute approximate surface area is 172 Å². The van der Waals surface area contributed by atoms with Gasteiger partial charge in [0.2, 0.25) is 0 Å². The molecule has 0 radical (unpaired) electrons. The predicted molar refractivity (Wildman–Crippen MR) is 112 cm³/mol. The Bertz CT molecular complexity index is 1230. The van der Waals surface area contributed by atoms with E-state index in [-0.39, 0.29) is 17.2 Å². The number of hydrogen-bond donors (Lipinski definition) is 1. The molecule has 2 aromatic heterocycles. The van der Waals surface area contributed by atoms with Gasteiger partial charge < -0.3 is 14.5 Å². The molecule has 0 saturated heterocycles. The van der Waals surface area contributed by atoms with Crippen molar-refractivity contribution in [3.05, 3.63) is 99.9 Å². The Morgan fingerprint density at radius 3 is 2.63 bits per heavy atom. The van der Waals surface area contributed by atoms with E-state index in [1.807, 2.05) is 36.4 Å². The summed E-state index contributed by atoms with van der Waals surface area (Å²) in [7, 11) is 1.54. The van der Waals surface area contributed by atoms with Gasteiger partial charge in [-0.05, 0) is 29.3 Å². The van der Waals surface area contributed by atoms with E-state index in [1.54, 1.807) is 30.5 Å². The average Bonchev–Trinajstić information content (AvgIpc) is 3.28. The minimum Gasteiger partial charge on any atom is -0.467 e. The van der Waals surface area contributed by atoms with E-state index in [0.717, 1.165) is 16.9 Å². The maximum absolute atomic E-state index is 12.8. The van der Waals surface area contributed by atoms with E-state index in [0.29, 0.717) is 30.5 Å². The Morgan fingerprint density at radius 1 is 1.03 bits per heavy atom. The quantitative estimate of drug-likeness (QED) is 0.512. The number of nitrogens with zero attached hydrogens (tertiary/aromatic N) is 2. The zero-order chi connectivity index (χ0) is 20.9. The van der Waals surface area contributed by atoms with Gasteiger partial charge in [-0.25, -0.2) is 4.68 Å². The molecule has 1 N–H and O–H groups in total. The first-order chi connectivity index (χ1) is 14.6. The van der Waals surface area contributed by atoms with Crippen LogP contribution < -0.4 is 10.9 Å². The zero-order valence-electron chi connectivity index (χ0n) is 16.5. The number of ether oxygens (including phenoxy) is 1. The van der Waals surface area contributed by atoms with Crippen LogP contribution >= 0.6 is 0 Å². The van der Waals surface area contributed by atoms with Gasteiger partial charge in [0.15, 0.2) is 5.69 Å². The van der Waals surface area contributed by atoms with Crippen molar-refractivity contribution in [2.75, 3.05) is 0 Å². The van der Waals surface area contributed by atoms with Crippen LogP contribution in [0.5, 0.6) is 0 Å². The van der Waals surface area contributed by atoms with Crippen LogP contribution in [0, 0.1) is 0 Å². The van der Waals surface area contributed by atoms with Crippen LogP contribution in [0.3, 0.4) is 0 Å². The molecule has 7 heteroatoms. The number of amides is 1. The minimum absolute atomic E-state index is 0.227. The summed E-state index contributed by atoms with van der Waals surface area (Å²) in [4.78, 5) is 25.0. The van der Waals surface area contributed by atoms with Gasteiger partial charge in [-0.2, -0.15) is 5.10 Å². The smallest absolute Gasteiger partial charge is 0.274 e. The van der Waals surface area contributed by atoms with Gasteiger partial charge in [0.1, 0.15) is 12.4 Å². The zero-order valence-corrected chi connectivity index (χ0v) is 16.5. The van der Waals surface area contributed by atoms with Crippen molar-refractivity contribution in [1.29, 1.82) is 0 Å². The van der Waals surface area contributed by atoms with Gasteiger partial charge in [0, 0.05) is 19.0 Å². The highest BCUT2D eigenvalue weighted by atomic mass is 16.5. The highest BCUT2D eigenvalue weighted by molar-refractivity contribution is 6.04. The molecule has 2 aromatic carbocycles. The summed E-state index contributed by atoms with van der Waals surface area (Å²) in [6.45, 7) is 1.18. The van der Waals surface area contributed by atoms with Gasteiger partial charge in [0.25, 0.3) is 11.5 Å². The molecule has 2 heterocycles. The van der Waals surface area contributed by atoms with Crippen LogP contribution in [-0.4, -0.2) is 15.7 Å². The predicted octanol–water partition coefficient (Wildman–Crippen LogP) is 3.17. The standard InChI is InChI=1S/C23H21N3O4/c1-26-23(28)20-10-3-2-9-19(20)21(25-26)22(27)24-13-16-6-4-7-17(12-16)14-29-15-18-8-5-11-30-18/h2-12H,13-15H2,1H3,(H,24,27). The van der Waals surface area contributed by atoms with E-state index in [1.165, 1.54) is 11.7 Å². The summed E-state index contributed by atoms with van der Waals surface area (Å²) < 4.78 is 12.1. The van der Waals surface area contributed by atoms with Gasteiger partial charge in [0.05, 0.1) is 18.3 Å². The Balaban J connectivity index is 1.42. The van der Waals surface area contributed by atoms with Crippen LogP contribution in [0.15, 0.2) is 76.1 Å². The molecule has 30 heavy (non-hydrogen) atoms. The number of rotatable bonds is 7. The van der Waals surface area contributed by atoms with Crippen LogP contribution in [-0.2, 0) is 31.5 Å². The Kier molecular flexibility index (Phi) is 5.72. The van der Waals surface area contributed by atoms with Crippen molar-refractivity contribution in [2.45, 2.75) is 19.8 Å². The van der Waals surface area contributed by atoms with Gasteiger partial charge >= 0.3 is 0 Å². The van der Waals surface area contributed by atoms with Crippen molar-refractivity contribution < 1.29 is 13.9 Å². The Morgan fingerprint density at radius 2 is 1.83 bits per heavy atom. The first kappa shape index (κ1) is 19.6. The fraction of sp³-hybridized carbons (Fsp3) is 0.174. The van der Waals surface area contributed by atoms with Crippen LogP contribution in [0.4, 0.5) is 0 Å². The first-order valence-electron chi connectivity index (χ1n) is 9.54. The van der Waals surface area contributed by atoms with E-state index in [9.17, 15) is 9.59 Å². The minimum atomic E-state index is -0.332. The third-order valence-electron chi connectivity index (χ3n) is 4.71. The molecular weight excluding hydrogens is 382 g/mol. The SMILES string of the molecule is Cn1nc(C(=O)NCc2cccc(COCc3ccco3)c2)c2ccccc2c1=O. The van der Waals surface area contributed by atoms with Crippen molar-refractivity contribution in [3.8, 4) is 0 Å². The maximum Gasteiger partial charge on any atom is 0.274 e. The molecule has 152 valence electrons. The van der Waals surface area contributed by atoms with Gasteiger partial charge in [-0.15, -0.1) is 0 Å². The number of aromatic nitrogens is 2. The number of furan rings is 1. The molecule has 4 rings (SSSR count). The van der Waals surface area contributed by atoms with E-state index >= 15 is 0 Å². The fourth-order valence-electron chi connectivity index (χ4n) is 3.23. The summed E-state index contributed by atoms with van der Waals surface area (Å²) in [6.07, 6.45) is 1.62.